The molecule has 0 aliphatic rings. The van der Waals surface area contributed by atoms with E-state index in [0.29, 0.717) is 39.8 Å². The van der Waals surface area contributed by atoms with Crippen molar-refractivity contribution in [1.29, 1.82) is 0 Å². The number of aryl methyl sites for hydroxylation is 1. The average molecular weight is 783 g/mol. The molecule has 0 unspecified atom stereocenters. The summed E-state index contributed by atoms with van der Waals surface area (Å²) in [6, 6.07) is 14.8. The largest absolute Gasteiger partial charge is 0.487 e. The van der Waals surface area contributed by atoms with Gasteiger partial charge in [0.1, 0.15) is 18.2 Å². The van der Waals surface area contributed by atoms with Crippen LogP contribution >= 0.6 is 84.3 Å². The number of ether oxygens (including phenoxy) is 1. The second-order valence-electron chi connectivity index (χ2n) is 7.26. The molecule has 4 rings (SSSR count). The van der Waals surface area contributed by atoms with Gasteiger partial charge in [-0.3, -0.25) is 4.79 Å². The third kappa shape index (κ3) is 5.77. The Labute approximate surface area is 241 Å². The van der Waals surface area contributed by atoms with Gasteiger partial charge in [-0.2, -0.15) is 9.78 Å². The summed E-state index contributed by atoms with van der Waals surface area (Å²) in [6.07, 6.45) is 2.24. The molecular formula is C24H16BrCl2I2N3O2. The molecule has 0 aliphatic heterocycles. The highest BCUT2D eigenvalue weighted by Crippen LogP contribution is 2.30. The summed E-state index contributed by atoms with van der Waals surface area (Å²) >= 11 is 20.0. The molecule has 0 saturated carbocycles. The van der Waals surface area contributed by atoms with Gasteiger partial charge < -0.3 is 4.74 Å². The molecule has 4 aromatic rings. The normalized spacial score (nSPS) is 11.5. The van der Waals surface area contributed by atoms with Crippen molar-refractivity contribution in [3.05, 3.63) is 97.5 Å². The molecule has 0 spiro atoms. The Bertz CT molecular complexity index is 1470. The summed E-state index contributed by atoms with van der Waals surface area (Å²) in [5.41, 5.74) is 2.22. The maximum Gasteiger partial charge on any atom is 0.282 e. The van der Waals surface area contributed by atoms with Crippen LogP contribution in [0.3, 0.4) is 0 Å². The summed E-state index contributed by atoms with van der Waals surface area (Å²) in [4.78, 5) is 17.7. The van der Waals surface area contributed by atoms with Gasteiger partial charge >= 0.3 is 0 Å². The molecule has 0 N–H and O–H groups in total. The van der Waals surface area contributed by atoms with Crippen LogP contribution < -0.4 is 10.3 Å². The van der Waals surface area contributed by atoms with Crippen molar-refractivity contribution in [2.24, 2.45) is 5.10 Å². The fourth-order valence-corrected chi connectivity index (χ4v) is 6.05. The number of hydrogen-bond acceptors (Lipinski definition) is 4. The molecule has 0 aliphatic carbocycles. The minimum absolute atomic E-state index is 0.203. The summed E-state index contributed by atoms with van der Waals surface area (Å²) in [5, 5.41) is 6.00. The zero-order valence-corrected chi connectivity index (χ0v) is 25.1. The molecule has 0 bridgehead atoms. The summed E-state index contributed by atoms with van der Waals surface area (Å²) < 4.78 is 10.1. The van der Waals surface area contributed by atoms with Crippen LogP contribution in [-0.2, 0) is 13.0 Å². The summed E-state index contributed by atoms with van der Waals surface area (Å²) in [5.74, 6) is 1.37. The SMILES string of the molecule is CCc1nc2ccc(Br)cc2c(=O)n1N=Cc1cc(I)c(OCc2ccc(Cl)c(Cl)c2)c(I)c1. The van der Waals surface area contributed by atoms with E-state index in [2.05, 4.69) is 71.2 Å². The lowest BCUT2D eigenvalue weighted by atomic mass is 10.2. The van der Waals surface area contributed by atoms with Crippen molar-refractivity contribution in [3.8, 4) is 5.75 Å². The van der Waals surface area contributed by atoms with Gasteiger partial charge in [0.2, 0.25) is 0 Å². The van der Waals surface area contributed by atoms with Crippen LogP contribution in [0.25, 0.3) is 10.9 Å². The number of halogens is 5. The molecule has 5 nitrogen and oxygen atoms in total. The molecule has 0 saturated heterocycles. The lowest BCUT2D eigenvalue weighted by Gasteiger charge is -2.12. The molecule has 0 atom stereocenters. The minimum atomic E-state index is -0.203. The summed E-state index contributed by atoms with van der Waals surface area (Å²) in [7, 11) is 0. The number of nitrogens with zero attached hydrogens (tertiary/aromatic N) is 3. The van der Waals surface area contributed by atoms with E-state index in [1.54, 1.807) is 24.4 Å². The van der Waals surface area contributed by atoms with Gasteiger partial charge in [0.05, 0.1) is 34.3 Å². The van der Waals surface area contributed by atoms with Crippen LogP contribution in [-0.4, -0.2) is 15.9 Å². The van der Waals surface area contributed by atoms with Crippen LogP contribution in [0, 0.1) is 7.14 Å². The van der Waals surface area contributed by atoms with Crippen molar-refractivity contribution in [3.63, 3.8) is 0 Å². The number of aromatic nitrogens is 2. The predicted octanol–water partition coefficient (Wildman–Crippen LogP) is 7.70. The third-order valence-corrected chi connectivity index (χ3v) is 7.74. The van der Waals surface area contributed by atoms with Gasteiger partial charge in [0.25, 0.3) is 5.56 Å². The topological polar surface area (TPSA) is 56.5 Å². The Morgan fingerprint density at radius 1 is 1.09 bits per heavy atom. The Hall–Kier alpha value is -1.21. The molecule has 3 aromatic carbocycles. The van der Waals surface area contributed by atoms with Crippen LogP contribution in [0.15, 0.2) is 62.9 Å². The number of fused-ring (bicyclic) bond motifs is 1. The van der Waals surface area contributed by atoms with Gasteiger partial charge in [-0.25, -0.2) is 4.98 Å². The summed E-state index contributed by atoms with van der Waals surface area (Å²) in [6.45, 7) is 2.31. The fraction of sp³-hybridized carbons (Fsp3) is 0.125. The lowest BCUT2D eigenvalue weighted by molar-refractivity contribution is 0.302. The highest BCUT2D eigenvalue weighted by atomic mass is 127. The van der Waals surface area contributed by atoms with Crippen molar-refractivity contribution in [1.82, 2.24) is 9.66 Å². The zero-order chi connectivity index (χ0) is 24.4. The second-order valence-corrected chi connectivity index (χ2v) is 11.3. The number of hydrogen-bond donors (Lipinski definition) is 0. The van der Waals surface area contributed by atoms with Crippen LogP contribution in [0.2, 0.25) is 10.0 Å². The Morgan fingerprint density at radius 3 is 2.50 bits per heavy atom. The van der Waals surface area contributed by atoms with E-state index in [0.717, 1.165) is 28.5 Å². The van der Waals surface area contributed by atoms with Crippen molar-refractivity contribution >= 4 is 101 Å². The van der Waals surface area contributed by atoms with E-state index >= 15 is 0 Å². The maximum absolute atomic E-state index is 13.1. The van der Waals surface area contributed by atoms with E-state index in [9.17, 15) is 4.79 Å². The molecular weight excluding hydrogens is 767 g/mol. The van der Waals surface area contributed by atoms with Crippen molar-refractivity contribution in [2.45, 2.75) is 20.0 Å². The zero-order valence-electron chi connectivity index (χ0n) is 17.7. The first-order chi connectivity index (χ1) is 16.3. The van der Waals surface area contributed by atoms with Crippen LogP contribution in [0.1, 0.15) is 23.9 Å². The van der Waals surface area contributed by atoms with Gasteiger partial charge in [-0.05, 0) is 98.8 Å². The highest BCUT2D eigenvalue weighted by molar-refractivity contribution is 14.1. The second kappa shape index (κ2) is 11.2. The Kier molecular flexibility index (Phi) is 8.55. The first kappa shape index (κ1) is 25.9. The van der Waals surface area contributed by atoms with E-state index in [1.165, 1.54) is 4.68 Å². The Balaban J connectivity index is 1.62. The smallest absolute Gasteiger partial charge is 0.282 e. The number of benzene rings is 3. The molecule has 10 heteroatoms. The van der Waals surface area contributed by atoms with Crippen LogP contribution in [0.5, 0.6) is 5.75 Å². The molecule has 1 heterocycles. The third-order valence-electron chi connectivity index (χ3n) is 4.90. The van der Waals surface area contributed by atoms with E-state index in [1.807, 2.05) is 37.3 Å². The number of rotatable bonds is 6. The molecule has 0 fully saturated rings. The minimum Gasteiger partial charge on any atom is -0.487 e. The lowest BCUT2D eigenvalue weighted by Crippen LogP contribution is -2.22. The van der Waals surface area contributed by atoms with Crippen molar-refractivity contribution in [2.75, 3.05) is 0 Å². The van der Waals surface area contributed by atoms with Crippen molar-refractivity contribution < 1.29 is 4.74 Å². The molecule has 0 amide bonds. The standard InChI is InChI=1S/C24H16BrCl2I2N3O2/c1-2-22-31-21-6-4-15(25)10-16(21)24(33)32(22)30-11-14-8-19(28)23(20(29)9-14)34-12-13-3-5-17(26)18(27)7-13/h3-11H,2,12H2,1H3. The quantitative estimate of drug-likeness (QED) is 0.149. The first-order valence-corrected chi connectivity index (χ1v) is 13.8. The van der Waals surface area contributed by atoms with Gasteiger partial charge in [0.15, 0.2) is 0 Å². The first-order valence-electron chi connectivity index (χ1n) is 10.1. The van der Waals surface area contributed by atoms with Gasteiger partial charge in [-0.15, -0.1) is 0 Å². The molecule has 174 valence electrons. The predicted molar refractivity (Wildman–Crippen MR) is 159 cm³/mol. The van der Waals surface area contributed by atoms with E-state index < -0.39 is 0 Å². The van der Waals surface area contributed by atoms with E-state index in [4.69, 9.17) is 27.9 Å². The molecule has 0 radical (unpaired) electrons. The highest BCUT2D eigenvalue weighted by Gasteiger charge is 2.12. The van der Waals surface area contributed by atoms with Gasteiger partial charge in [-0.1, -0.05) is 52.1 Å². The van der Waals surface area contributed by atoms with Gasteiger partial charge in [0, 0.05) is 10.9 Å². The fourth-order valence-electron chi connectivity index (χ4n) is 3.24. The maximum atomic E-state index is 13.1. The molecule has 1 aromatic heterocycles. The Morgan fingerprint density at radius 2 is 1.82 bits per heavy atom. The molecule has 34 heavy (non-hydrogen) atoms. The van der Waals surface area contributed by atoms with Crippen LogP contribution in [0.4, 0.5) is 0 Å². The van der Waals surface area contributed by atoms with E-state index in [-0.39, 0.29) is 5.56 Å². The average Bonchev–Trinajstić information content (AvgIpc) is 2.80. The monoisotopic (exact) mass is 781 g/mol.